The van der Waals surface area contributed by atoms with Crippen molar-refractivity contribution in [3.8, 4) is 5.75 Å². The quantitative estimate of drug-likeness (QED) is 0.0278. The third kappa shape index (κ3) is 11.1. The molecule has 6 nitrogen and oxygen atoms in total. The Morgan fingerprint density at radius 2 is 1.20 bits per heavy atom. The maximum Gasteiger partial charge on any atom is 0.460 e. The predicted molar refractivity (Wildman–Crippen MR) is 184 cm³/mol. The van der Waals surface area contributed by atoms with Gasteiger partial charge >= 0.3 is 53.6 Å². The Morgan fingerprint density at radius 1 is 0.733 bits per heavy atom. The van der Waals surface area contributed by atoms with E-state index in [4.69, 9.17) is 18.6 Å². The Morgan fingerprint density at radius 3 is 1.63 bits per heavy atom. The number of rotatable bonds is 24. The number of hydrogen-bond donors (Lipinski definition) is 1. The fourth-order valence-corrected chi connectivity index (χ4v) is 10.3. The second-order valence-corrected chi connectivity index (χ2v) is 19.2. The number of carbonyl (C=O) groups is 1. The van der Waals surface area contributed by atoms with Gasteiger partial charge in [-0.2, -0.15) is 74.6 Å². The highest BCUT2D eigenvalue weighted by Crippen LogP contribution is 2.64. The minimum Gasteiger partial charge on any atom is -0.491 e. The van der Waals surface area contributed by atoms with Crippen LogP contribution in [0.4, 0.5) is 74.6 Å². The second-order valence-electron chi connectivity index (χ2n) is 14.2. The number of benzene rings is 1. The van der Waals surface area contributed by atoms with Gasteiger partial charge in [0, 0.05) is 19.6 Å². The van der Waals surface area contributed by atoms with Gasteiger partial charge in [0.1, 0.15) is 18.5 Å². The van der Waals surface area contributed by atoms with E-state index in [0.717, 1.165) is 0 Å². The Labute approximate surface area is 335 Å². The fourth-order valence-electron chi connectivity index (χ4n) is 5.88. The minimum atomic E-state index is -8.69. The number of esters is 1. The van der Waals surface area contributed by atoms with Crippen LogP contribution in [-0.4, -0.2) is 100 Å². The van der Waals surface area contributed by atoms with Gasteiger partial charge in [0.05, 0.1) is 19.3 Å². The van der Waals surface area contributed by atoms with Gasteiger partial charge in [-0.05, 0) is 60.7 Å². The number of halogens is 17. The van der Waals surface area contributed by atoms with E-state index in [1.54, 1.807) is 26.0 Å². The number of ether oxygens (including phenoxy) is 3. The van der Waals surface area contributed by atoms with Crippen LogP contribution in [0.2, 0.25) is 17.1 Å². The summed E-state index contributed by atoms with van der Waals surface area (Å²) in [6, 6.07) is 4.37. The molecule has 0 aliphatic rings. The van der Waals surface area contributed by atoms with E-state index >= 15 is 0 Å². The predicted octanol–water partition coefficient (Wildman–Crippen LogP) is 11.8. The average Bonchev–Trinajstić information content (AvgIpc) is 3.11. The first-order valence-corrected chi connectivity index (χ1v) is 20.1. The zero-order valence-corrected chi connectivity index (χ0v) is 34.0. The van der Waals surface area contributed by atoms with Crippen molar-refractivity contribution < 1.29 is 103 Å². The number of carbonyl (C=O) groups excluding carboxylic acids is 1. The lowest BCUT2D eigenvalue weighted by atomic mass is 9.88. The van der Waals surface area contributed by atoms with E-state index in [9.17, 15) is 84.5 Å². The van der Waals surface area contributed by atoms with E-state index in [-0.39, 0.29) is 25.4 Å². The Hall–Kier alpha value is -3.12. The zero-order valence-electron chi connectivity index (χ0n) is 33.0. The summed E-state index contributed by atoms with van der Waals surface area (Å²) in [6.07, 6.45) is -7.54. The summed E-state index contributed by atoms with van der Waals surface area (Å²) >= 11 is 0. The average molecular weight is 925 g/mol. The molecule has 348 valence electrons. The summed E-state index contributed by atoms with van der Waals surface area (Å²) in [6.45, 7) is 7.90. The Kier molecular flexibility index (Phi) is 18.2. The molecular formula is C36H45F17O6Si. The van der Waals surface area contributed by atoms with Gasteiger partial charge in [-0.25, -0.2) is 4.79 Å². The molecule has 0 saturated carbocycles. The van der Waals surface area contributed by atoms with Crippen LogP contribution in [0.1, 0.15) is 66.1 Å². The van der Waals surface area contributed by atoms with Crippen molar-refractivity contribution in [2.24, 2.45) is 0 Å². The van der Waals surface area contributed by atoms with Crippen LogP contribution in [-0.2, 0) is 18.7 Å². The van der Waals surface area contributed by atoms with Crippen molar-refractivity contribution in [1.82, 2.24) is 0 Å². The van der Waals surface area contributed by atoms with Crippen molar-refractivity contribution in [2.45, 2.75) is 131 Å². The maximum absolute atomic E-state index is 14.9. The van der Waals surface area contributed by atoms with Crippen LogP contribution in [0.15, 0.2) is 48.1 Å². The lowest BCUT2D eigenvalue weighted by molar-refractivity contribution is -0.461. The largest absolute Gasteiger partial charge is 0.491 e. The van der Waals surface area contributed by atoms with E-state index in [2.05, 4.69) is 0 Å². The molecule has 0 fully saturated rings. The van der Waals surface area contributed by atoms with Crippen LogP contribution in [0, 0.1) is 0 Å². The summed E-state index contributed by atoms with van der Waals surface area (Å²) in [7, 11) is -2.61. The molecule has 0 radical (unpaired) electrons. The molecule has 1 aromatic rings. The molecule has 1 rings (SSSR count). The molecule has 0 spiro atoms. The Bertz CT molecular complexity index is 1590. The molecule has 0 aliphatic carbocycles. The molecule has 2 atom stereocenters. The Balaban J connectivity index is 3.17. The SMILES string of the molecule is CCOC(=O)/C=C(C)/C=C/C[C@H](OC)[C@@H](O)c1ccc(OCCO[Si](CCC(F)(F)C(F)(F)C(F)(F)C(F)(F)C(F)(F)C(F)(F)C(F)(F)C(F)(F)F)(C(C)C)C(C)C)cc1. The van der Waals surface area contributed by atoms with Crippen LogP contribution >= 0.6 is 0 Å². The molecule has 0 aromatic heterocycles. The monoisotopic (exact) mass is 924 g/mol. The third-order valence-corrected chi connectivity index (χ3v) is 15.2. The van der Waals surface area contributed by atoms with Gasteiger partial charge in [0.2, 0.25) is 0 Å². The summed E-state index contributed by atoms with van der Waals surface area (Å²) in [5.41, 5.74) is -0.793. The highest BCUT2D eigenvalue weighted by molar-refractivity contribution is 6.76. The first-order chi connectivity index (χ1) is 27.0. The number of aliphatic hydroxyl groups excluding tert-OH is 1. The molecule has 0 saturated heterocycles. The van der Waals surface area contributed by atoms with E-state index < -0.39 is 104 Å². The van der Waals surface area contributed by atoms with Crippen LogP contribution in [0.5, 0.6) is 5.75 Å². The summed E-state index contributed by atoms with van der Waals surface area (Å²) in [5.74, 6) is -57.1. The number of methoxy groups -OCH3 is 1. The summed E-state index contributed by atoms with van der Waals surface area (Å²) < 4.78 is 256. The van der Waals surface area contributed by atoms with Crippen LogP contribution in [0.3, 0.4) is 0 Å². The van der Waals surface area contributed by atoms with E-state index in [1.807, 2.05) is 0 Å². The van der Waals surface area contributed by atoms with Crippen molar-refractivity contribution in [3.63, 3.8) is 0 Å². The molecule has 0 amide bonds. The van der Waals surface area contributed by atoms with Crippen LogP contribution < -0.4 is 4.74 Å². The fraction of sp³-hybridized carbons (Fsp3) is 0.694. The van der Waals surface area contributed by atoms with Gasteiger partial charge in [0.15, 0.2) is 8.32 Å². The standard InChI is InChI=1S/C36H45F17O6Si/c1-8-57-27(54)20-23(6)10-9-11-26(56-7)28(55)24-12-14-25(15-13-24)58-17-18-59-60(21(2)3,22(4)5)19-16-29(37,38)30(39,40)31(41,42)32(43,44)33(45,46)34(47,48)35(49,50)36(51,52)53/h9-10,12-15,20-22,26,28,55H,8,11,16-19H2,1-7H3/b10-9+,23-20+/t26-,28-/m0/s1. The van der Waals surface area contributed by atoms with Gasteiger partial charge in [-0.15, -0.1) is 0 Å². The van der Waals surface area contributed by atoms with Crippen LogP contribution in [0.25, 0.3) is 0 Å². The van der Waals surface area contributed by atoms with Gasteiger partial charge in [-0.3, -0.25) is 0 Å². The molecule has 1 N–H and O–H groups in total. The normalized spacial score (nSPS) is 15.9. The van der Waals surface area contributed by atoms with Crippen molar-refractivity contribution in [1.29, 1.82) is 0 Å². The molecule has 0 heterocycles. The highest BCUT2D eigenvalue weighted by atomic mass is 28.4. The summed E-state index contributed by atoms with van der Waals surface area (Å²) in [5, 5.41) is 10.8. The number of aliphatic hydroxyl groups is 1. The third-order valence-electron chi connectivity index (χ3n) is 9.55. The molecule has 24 heteroatoms. The van der Waals surface area contributed by atoms with E-state index in [0.29, 0.717) is 11.1 Å². The van der Waals surface area contributed by atoms with E-state index in [1.165, 1.54) is 65.1 Å². The first kappa shape index (κ1) is 54.9. The number of allylic oxidation sites excluding steroid dienone is 2. The minimum absolute atomic E-state index is 0.147. The highest BCUT2D eigenvalue weighted by Gasteiger charge is 2.95. The maximum atomic E-state index is 14.9. The number of alkyl halides is 17. The molecule has 60 heavy (non-hydrogen) atoms. The first-order valence-electron chi connectivity index (χ1n) is 17.8. The zero-order chi connectivity index (χ0) is 47.1. The smallest absolute Gasteiger partial charge is 0.460 e. The molecule has 0 unspecified atom stereocenters. The van der Waals surface area contributed by atoms with Crippen molar-refractivity contribution >= 4 is 14.3 Å². The number of hydrogen-bond acceptors (Lipinski definition) is 6. The lowest BCUT2D eigenvalue weighted by Crippen LogP contribution is -2.74. The molecular weight excluding hydrogens is 879 g/mol. The topological polar surface area (TPSA) is 74.2 Å². The van der Waals surface area contributed by atoms with Gasteiger partial charge in [0.25, 0.3) is 0 Å². The second kappa shape index (κ2) is 19.9. The van der Waals surface area contributed by atoms with Gasteiger partial charge in [-0.1, -0.05) is 52.0 Å². The molecule has 0 aliphatic heterocycles. The van der Waals surface area contributed by atoms with Crippen molar-refractivity contribution in [3.05, 3.63) is 53.6 Å². The summed E-state index contributed by atoms with van der Waals surface area (Å²) in [4.78, 5) is 11.6. The van der Waals surface area contributed by atoms with Gasteiger partial charge < -0.3 is 23.7 Å². The molecule has 1 aromatic carbocycles. The molecule has 0 bridgehead atoms. The van der Waals surface area contributed by atoms with Crippen molar-refractivity contribution in [2.75, 3.05) is 26.9 Å². The lowest BCUT2D eigenvalue weighted by Gasteiger charge is -2.44.